The van der Waals surface area contributed by atoms with Crippen molar-refractivity contribution in [3.05, 3.63) is 41.7 Å². The van der Waals surface area contributed by atoms with Crippen molar-refractivity contribution in [1.82, 2.24) is 25.2 Å². The first-order valence-corrected chi connectivity index (χ1v) is 7.07. The van der Waals surface area contributed by atoms with E-state index in [-0.39, 0.29) is 0 Å². The molecule has 6 nitrogen and oxygen atoms in total. The van der Waals surface area contributed by atoms with E-state index in [2.05, 4.69) is 33.6 Å². The van der Waals surface area contributed by atoms with E-state index in [0.29, 0.717) is 0 Å². The van der Waals surface area contributed by atoms with Gasteiger partial charge in [0.25, 0.3) is 0 Å². The summed E-state index contributed by atoms with van der Waals surface area (Å²) in [5.74, 6) is 0.932. The number of ether oxygens (including phenoxy) is 1. The first-order valence-electron chi connectivity index (χ1n) is 7.07. The molecule has 2 rings (SSSR count). The van der Waals surface area contributed by atoms with E-state index in [1.165, 1.54) is 5.56 Å². The lowest BCUT2D eigenvalue weighted by molar-refractivity contribution is 0.297. The second kappa shape index (κ2) is 7.75. The molecule has 2 aromatic rings. The fourth-order valence-electron chi connectivity index (χ4n) is 2.19. The molecule has 114 valence electrons. The number of nitrogens with zero attached hydrogens (tertiary/aromatic N) is 4. The molecule has 0 aliphatic carbocycles. The summed E-state index contributed by atoms with van der Waals surface area (Å²) < 4.78 is 7.26. The standard InChI is InChI=1S/C15H23N5O/c1-16-10-14-12-20(18-17-14)9-8-19(2)11-13-6-4-5-7-15(13)21-3/h4-7,12,16H,8-11H2,1-3H3. The van der Waals surface area contributed by atoms with Crippen molar-refractivity contribution in [2.24, 2.45) is 0 Å². The Hall–Kier alpha value is -1.92. The van der Waals surface area contributed by atoms with E-state index < -0.39 is 0 Å². The Labute approximate surface area is 125 Å². The van der Waals surface area contributed by atoms with Crippen molar-refractivity contribution in [2.75, 3.05) is 27.7 Å². The normalized spacial score (nSPS) is 11.0. The van der Waals surface area contributed by atoms with E-state index in [9.17, 15) is 0 Å². The molecular formula is C15H23N5O. The maximum Gasteiger partial charge on any atom is 0.123 e. The van der Waals surface area contributed by atoms with Gasteiger partial charge in [0.2, 0.25) is 0 Å². The van der Waals surface area contributed by atoms with Crippen molar-refractivity contribution >= 4 is 0 Å². The zero-order valence-electron chi connectivity index (χ0n) is 12.9. The molecule has 1 aromatic carbocycles. The highest BCUT2D eigenvalue weighted by Gasteiger charge is 2.06. The molecule has 1 heterocycles. The fourth-order valence-corrected chi connectivity index (χ4v) is 2.19. The summed E-state index contributed by atoms with van der Waals surface area (Å²) in [6.07, 6.45) is 1.98. The van der Waals surface area contributed by atoms with Gasteiger partial charge in [-0.2, -0.15) is 0 Å². The molecule has 0 radical (unpaired) electrons. The zero-order chi connectivity index (χ0) is 15.1. The molecule has 0 spiro atoms. The van der Waals surface area contributed by atoms with Crippen LogP contribution >= 0.6 is 0 Å². The number of benzene rings is 1. The summed E-state index contributed by atoms with van der Waals surface area (Å²) >= 11 is 0. The minimum absolute atomic E-state index is 0.747. The quantitative estimate of drug-likeness (QED) is 0.790. The summed E-state index contributed by atoms with van der Waals surface area (Å²) in [6.45, 7) is 3.32. The summed E-state index contributed by atoms with van der Waals surface area (Å²) in [5, 5.41) is 11.3. The first-order chi connectivity index (χ1) is 10.2. The van der Waals surface area contributed by atoms with Crippen LogP contribution in [0.2, 0.25) is 0 Å². The molecule has 0 amide bonds. The van der Waals surface area contributed by atoms with Crippen LogP contribution in [0.1, 0.15) is 11.3 Å². The Bertz CT molecular complexity index is 555. The Kier molecular flexibility index (Phi) is 5.71. The van der Waals surface area contributed by atoms with Crippen LogP contribution in [0.3, 0.4) is 0 Å². The van der Waals surface area contributed by atoms with Crippen molar-refractivity contribution < 1.29 is 4.74 Å². The Morgan fingerprint density at radius 1 is 1.33 bits per heavy atom. The molecular weight excluding hydrogens is 266 g/mol. The average Bonchev–Trinajstić information content (AvgIpc) is 2.94. The lowest BCUT2D eigenvalue weighted by Gasteiger charge is -2.18. The summed E-state index contributed by atoms with van der Waals surface area (Å²) in [4.78, 5) is 2.25. The second-order valence-electron chi connectivity index (χ2n) is 5.05. The molecule has 0 atom stereocenters. The van der Waals surface area contributed by atoms with Crippen molar-refractivity contribution in [2.45, 2.75) is 19.6 Å². The monoisotopic (exact) mass is 289 g/mol. The van der Waals surface area contributed by atoms with E-state index in [4.69, 9.17) is 4.74 Å². The topological polar surface area (TPSA) is 55.2 Å². The van der Waals surface area contributed by atoms with Gasteiger partial charge in [0.15, 0.2) is 0 Å². The maximum absolute atomic E-state index is 5.38. The number of hydrogen-bond acceptors (Lipinski definition) is 5. The van der Waals surface area contributed by atoms with Crippen molar-refractivity contribution in [3.63, 3.8) is 0 Å². The Morgan fingerprint density at radius 3 is 2.90 bits per heavy atom. The van der Waals surface area contributed by atoms with Gasteiger partial charge in [0.1, 0.15) is 5.75 Å². The number of likely N-dealkylation sites (N-methyl/N-ethyl adjacent to an activating group) is 1. The van der Waals surface area contributed by atoms with Gasteiger partial charge in [-0.1, -0.05) is 23.4 Å². The van der Waals surface area contributed by atoms with E-state index in [1.807, 2.05) is 36.1 Å². The van der Waals surface area contributed by atoms with Crippen LogP contribution in [-0.2, 0) is 19.6 Å². The minimum Gasteiger partial charge on any atom is -0.496 e. The van der Waals surface area contributed by atoms with E-state index in [0.717, 1.165) is 37.6 Å². The van der Waals surface area contributed by atoms with Gasteiger partial charge >= 0.3 is 0 Å². The highest BCUT2D eigenvalue weighted by Crippen LogP contribution is 2.18. The first kappa shape index (κ1) is 15.5. The highest BCUT2D eigenvalue weighted by atomic mass is 16.5. The molecule has 21 heavy (non-hydrogen) atoms. The summed E-state index contributed by atoms with van der Waals surface area (Å²) in [5.41, 5.74) is 2.15. The number of aromatic nitrogens is 3. The van der Waals surface area contributed by atoms with Gasteiger partial charge in [-0.15, -0.1) is 5.10 Å². The van der Waals surface area contributed by atoms with Crippen molar-refractivity contribution in [3.8, 4) is 5.75 Å². The lowest BCUT2D eigenvalue weighted by Crippen LogP contribution is -2.23. The molecule has 1 aromatic heterocycles. The molecule has 0 fully saturated rings. The minimum atomic E-state index is 0.747. The predicted octanol–water partition coefficient (Wildman–Crippen LogP) is 1.14. The Morgan fingerprint density at radius 2 is 2.14 bits per heavy atom. The summed E-state index contributed by atoms with van der Waals surface area (Å²) in [7, 11) is 5.70. The zero-order valence-corrected chi connectivity index (χ0v) is 12.9. The largest absolute Gasteiger partial charge is 0.496 e. The van der Waals surface area contributed by atoms with Crippen LogP contribution in [-0.4, -0.2) is 47.6 Å². The molecule has 0 saturated heterocycles. The third kappa shape index (κ3) is 4.54. The predicted molar refractivity (Wildman–Crippen MR) is 82.1 cm³/mol. The molecule has 0 unspecified atom stereocenters. The van der Waals surface area contributed by atoms with E-state index in [1.54, 1.807) is 7.11 Å². The highest BCUT2D eigenvalue weighted by molar-refractivity contribution is 5.32. The van der Waals surface area contributed by atoms with E-state index >= 15 is 0 Å². The van der Waals surface area contributed by atoms with Crippen LogP contribution in [0, 0.1) is 0 Å². The third-order valence-electron chi connectivity index (χ3n) is 3.29. The molecule has 0 aliphatic heterocycles. The van der Waals surface area contributed by atoms with Gasteiger partial charge in [0, 0.05) is 31.4 Å². The summed E-state index contributed by atoms with van der Waals surface area (Å²) in [6, 6.07) is 8.11. The average molecular weight is 289 g/mol. The van der Waals surface area contributed by atoms with Crippen molar-refractivity contribution in [1.29, 1.82) is 0 Å². The molecule has 0 aliphatic rings. The number of methoxy groups -OCH3 is 1. The number of para-hydroxylation sites is 1. The van der Waals surface area contributed by atoms with Crippen LogP contribution in [0.4, 0.5) is 0 Å². The van der Waals surface area contributed by atoms with Crippen LogP contribution < -0.4 is 10.1 Å². The van der Waals surface area contributed by atoms with Crippen LogP contribution in [0.25, 0.3) is 0 Å². The molecule has 6 heteroatoms. The van der Waals surface area contributed by atoms with Gasteiger partial charge in [-0.3, -0.25) is 4.68 Å². The van der Waals surface area contributed by atoms with Gasteiger partial charge < -0.3 is 15.0 Å². The maximum atomic E-state index is 5.38. The van der Waals surface area contributed by atoms with Gasteiger partial charge in [-0.25, -0.2) is 0 Å². The molecule has 0 bridgehead atoms. The fraction of sp³-hybridized carbons (Fsp3) is 0.467. The number of hydrogen-bond donors (Lipinski definition) is 1. The van der Waals surface area contributed by atoms with Gasteiger partial charge in [-0.05, 0) is 20.2 Å². The third-order valence-corrected chi connectivity index (χ3v) is 3.29. The SMILES string of the molecule is CNCc1cn(CCN(C)Cc2ccccc2OC)nn1. The number of rotatable bonds is 8. The lowest BCUT2D eigenvalue weighted by atomic mass is 10.2. The molecule has 1 N–H and O–H groups in total. The van der Waals surface area contributed by atoms with Gasteiger partial charge in [0.05, 0.1) is 19.3 Å². The Balaban J connectivity index is 1.85. The smallest absolute Gasteiger partial charge is 0.123 e. The van der Waals surface area contributed by atoms with Crippen LogP contribution in [0.5, 0.6) is 5.75 Å². The van der Waals surface area contributed by atoms with Crippen LogP contribution in [0.15, 0.2) is 30.5 Å². The second-order valence-corrected chi connectivity index (χ2v) is 5.05. The number of nitrogens with one attached hydrogen (secondary N) is 1. The molecule has 0 saturated carbocycles.